The van der Waals surface area contributed by atoms with E-state index in [4.69, 9.17) is 0 Å². The summed E-state index contributed by atoms with van der Waals surface area (Å²) in [6.07, 6.45) is 7.93. The highest BCUT2D eigenvalue weighted by Crippen LogP contribution is 2.24. The summed E-state index contributed by atoms with van der Waals surface area (Å²) in [6.45, 7) is 0. The molecule has 2 aromatic heterocycles. The van der Waals surface area contributed by atoms with Gasteiger partial charge in [0.25, 0.3) is 0 Å². The average molecular weight is 387 g/mol. The van der Waals surface area contributed by atoms with Crippen LogP contribution in [0, 0.1) is 11.6 Å². The van der Waals surface area contributed by atoms with Crippen molar-refractivity contribution in [1.29, 1.82) is 0 Å². The van der Waals surface area contributed by atoms with Gasteiger partial charge in [-0.25, -0.2) is 13.5 Å². The zero-order valence-electron chi connectivity index (χ0n) is 15.2. The number of ketones is 1. The molecule has 0 radical (unpaired) electrons. The van der Waals surface area contributed by atoms with Crippen LogP contribution in [0.5, 0.6) is 0 Å². The van der Waals surface area contributed by atoms with E-state index in [9.17, 15) is 13.6 Å². The predicted octanol–water partition coefficient (Wildman–Crippen LogP) is 5.11. The van der Waals surface area contributed by atoms with Gasteiger partial charge in [0.05, 0.1) is 11.3 Å². The molecule has 0 spiro atoms. The fourth-order valence-electron chi connectivity index (χ4n) is 2.90. The van der Waals surface area contributed by atoms with Crippen molar-refractivity contribution in [3.63, 3.8) is 0 Å². The summed E-state index contributed by atoms with van der Waals surface area (Å²) in [7, 11) is 0. The molecule has 4 nitrogen and oxygen atoms in total. The lowest BCUT2D eigenvalue weighted by atomic mass is 10.1. The van der Waals surface area contributed by atoms with Crippen molar-refractivity contribution in [2.45, 2.75) is 0 Å². The van der Waals surface area contributed by atoms with Crippen LogP contribution in [0.25, 0.3) is 23.0 Å². The Kier molecular flexibility index (Phi) is 5.07. The number of carbonyl (C=O) groups excluding carboxylic acids is 1. The third-order valence-electron chi connectivity index (χ3n) is 4.33. The van der Waals surface area contributed by atoms with Gasteiger partial charge in [-0.15, -0.1) is 0 Å². The highest BCUT2D eigenvalue weighted by molar-refractivity contribution is 6.07. The second-order valence-corrected chi connectivity index (χ2v) is 6.27. The summed E-state index contributed by atoms with van der Waals surface area (Å²) in [4.78, 5) is 16.4. The summed E-state index contributed by atoms with van der Waals surface area (Å²) in [5.41, 5.74) is 2.83. The van der Waals surface area contributed by atoms with Gasteiger partial charge in [-0.2, -0.15) is 5.10 Å². The van der Waals surface area contributed by atoms with Crippen LogP contribution in [-0.2, 0) is 0 Å². The predicted molar refractivity (Wildman–Crippen MR) is 107 cm³/mol. The molecule has 0 saturated carbocycles. The first-order chi connectivity index (χ1) is 14.1. The second-order valence-electron chi connectivity index (χ2n) is 6.27. The summed E-state index contributed by atoms with van der Waals surface area (Å²) in [5.74, 6) is -2.18. The third-order valence-corrected chi connectivity index (χ3v) is 4.33. The van der Waals surface area contributed by atoms with E-state index in [0.29, 0.717) is 17.3 Å². The van der Waals surface area contributed by atoms with Crippen LogP contribution in [-0.4, -0.2) is 20.5 Å². The SMILES string of the molecule is O=C(C=Cc1cn(-c2ccccc2)nc1-c1ccncc1)c1ccc(F)cc1F. The fraction of sp³-hybridized carbons (Fsp3) is 0. The van der Waals surface area contributed by atoms with E-state index >= 15 is 0 Å². The van der Waals surface area contributed by atoms with Gasteiger partial charge in [0.15, 0.2) is 5.78 Å². The Morgan fingerprint density at radius 2 is 1.72 bits per heavy atom. The van der Waals surface area contributed by atoms with Crippen LogP contribution < -0.4 is 0 Å². The van der Waals surface area contributed by atoms with Crippen LogP contribution in [0.3, 0.4) is 0 Å². The lowest BCUT2D eigenvalue weighted by molar-refractivity contribution is 0.104. The van der Waals surface area contributed by atoms with Gasteiger partial charge in [-0.1, -0.05) is 18.2 Å². The standard InChI is InChI=1S/C23H15F2N3O/c24-18-7-8-20(21(25)14-18)22(29)9-6-17-15-28(19-4-2-1-3-5-19)27-23(17)16-10-12-26-13-11-16/h1-15H. The van der Waals surface area contributed by atoms with E-state index in [1.165, 1.54) is 6.08 Å². The first-order valence-electron chi connectivity index (χ1n) is 8.85. The molecule has 4 aromatic rings. The molecule has 0 N–H and O–H groups in total. The van der Waals surface area contributed by atoms with Gasteiger partial charge in [0, 0.05) is 35.8 Å². The van der Waals surface area contributed by atoms with Gasteiger partial charge < -0.3 is 0 Å². The Morgan fingerprint density at radius 1 is 0.966 bits per heavy atom. The number of pyridine rings is 1. The summed E-state index contributed by atoms with van der Waals surface area (Å²) >= 11 is 0. The maximum absolute atomic E-state index is 13.9. The zero-order chi connectivity index (χ0) is 20.2. The molecule has 6 heteroatoms. The molecule has 0 aliphatic rings. The summed E-state index contributed by atoms with van der Waals surface area (Å²) in [5, 5.41) is 4.63. The number of allylic oxidation sites excluding steroid dienone is 1. The summed E-state index contributed by atoms with van der Waals surface area (Å²) in [6, 6.07) is 16.1. The largest absolute Gasteiger partial charge is 0.289 e. The number of hydrogen-bond acceptors (Lipinski definition) is 3. The number of hydrogen-bond donors (Lipinski definition) is 0. The first kappa shape index (κ1) is 18.4. The quantitative estimate of drug-likeness (QED) is 0.353. The highest BCUT2D eigenvalue weighted by atomic mass is 19.1. The number of carbonyl (C=O) groups is 1. The number of rotatable bonds is 5. The molecule has 0 aliphatic carbocycles. The van der Waals surface area contributed by atoms with Gasteiger partial charge in [-0.05, 0) is 48.6 Å². The first-order valence-corrected chi connectivity index (χ1v) is 8.85. The minimum atomic E-state index is -0.894. The topological polar surface area (TPSA) is 47.8 Å². The van der Waals surface area contributed by atoms with E-state index in [0.717, 1.165) is 23.4 Å². The van der Waals surface area contributed by atoms with E-state index in [1.54, 1.807) is 29.3 Å². The average Bonchev–Trinajstić information content (AvgIpc) is 3.18. The van der Waals surface area contributed by atoms with E-state index in [-0.39, 0.29) is 5.56 Å². The molecular formula is C23H15F2N3O. The van der Waals surface area contributed by atoms with Gasteiger partial charge >= 0.3 is 0 Å². The third kappa shape index (κ3) is 4.01. The Labute approximate surface area is 165 Å². The molecule has 4 rings (SSSR count). The maximum Gasteiger partial charge on any atom is 0.188 e. The molecule has 29 heavy (non-hydrogen) atoms. The Balaban J connectivity index is 1.73. The monoisotopic (exact) mass is 387 g/mol. The van der Waals surface area contributed by atoms with Crippen molar-refractivity contribution in [2.24, 2.45) is 0 Å². The van der Waals surface area contributed by atoms with Crippen molar-refractivity contribution < 1.29 is 13.6 Å². The highest BCUT2D eigenvalue weighted by Gasteiger charge is 2.13. The molecule has 142 valence electrons. The van der Waals surface area contributed by atoms with E-state index in [1.807, 2.05) is 42.5 Å². The Morgan fingerprint density at radius 3 is 2.45 bits per heavy atom. The molecular weight excluding hydrogens is 372 g/mol. The molecule has 0 amide bonds. The van der Waals surface area contributed by atoms with Gasteiger partial charge in [0.2, 0.25) is 0 Å². The molecule has 2 aromatic carbocycles. The lowest BCUT2D eigenvalue weighted by Gasteiger charge is -2.00. The molecule has 0 saturated heterocycles. The molecule has 0 unspecified atom stereocenters. The zero-order valence-corrected chi connectivity index (χ0v) is 15.2. The molecule has 0 atom stereocenters. The number of nitrogens with zero attached hydrogens (tertiary/aromatic N) is 3. The molecule has 0 fully saturated rings. The van der Waals surface area contributed by atoms with Crippen molar-refractivity contribution in [2.75, 3.05) is 0 Å². The van der Waals surface area contributed by atoms with E-state index in [2.05, 4.69) is 10.1 Å². The van der Waals surface area contributed by atoms with Crippen LogP contribution in [0.1, 0.15) is 15.9 Å². The van der Waals surface area contributed by atoms with Crippen molar-refractivity contribution in [3.05, 3.63) is 108 Å². The van der Waals surface area contributed by atoms with E-state index < -0.39 is 17.4 Å². The van der Waals surface area contributed by atoms with Gasteiger partial charge in [-0.3, -0.25) is 9.78 Å². The molecule has 0 bridgehead atoms. The van der Waals surface area contributed by atoms with Crippen LogP contribution in [0.15, 0.2) is 85.3 Å². The number of benzene rings is 2. The van der Waals surface area contributed by atoms with Crippen LogP contribution in [0.2, 0.25) is 0 Å². The minimum absolute atomic E-state index is 0.191. The smallest absolute Gasteiger partial charge is 0.188 e. The van der Waals surface area contributed by atoms with Crippen molar-refractivity contribution in [3.8, 4) is 16.9 Å². The van der Waals surface area contributed by atoms with Crippen molar-refractivity contribution >= 4 is 11.9 Å². The van der Waals surface area contributed by atoms with Gasteiger partial charge in [0.1, 0.15) is 17.3 Å². The molecule has 0 aliphatic heterocycles. The Bertz CT molecular complexity index is 1190. The lowest BCUT2D eigenvalue weighted by Crippen LogP contribution is -1.99. The van der Waals surface area contributed by atoms with Crippen LogP contribution >= 0.6 is 0 Å². The number of halogens is 2. The maximum atomic E-state index is 13.9. The number of para-hydroxylation sites is 1. The minimum Gasteiger partial charge on any atom is -0.289 e. The number of aromatic nitrogens is 3. The Hall–Kier alpha value is -3.93. The second kappa shape index (κ2) is 7.98. The summed E-state index contributed by atoms with van der Waals surface area (Å²) < 4.78 is 28.7. The van der Waals surface area contributed by atoms with Crippen molar-refractivity contribution in [1.82, 2.24) is 14.8 Å². The fourth-order valence-corrected chi connectivity index (χ4v) is 2.90. The normalized spacial score (nSPS) is 11.1. The van der Waals surface area contributed by atoms with Crippen LogP contribution in [0.4, 0.5) is 8.78 Å². The molecule has 2 heterocycles.